The van der Waals surface area contributed by atoms with E-state index in [0.29, 0.717) is 26.7 Å². The fraction of sp³-hybridized carbons (Fsp3) is 0. The van der Waals surface area contributed by atoms with Crippen molar-refractivity contribution in [1.82, 2.24) is 10.4 Å². The molecule has 148 valence electrons. The van der Waals surface area contributed by atoms with E-state index < -0.39 is 17.7 Å². The molecule has 0 bridgehead atoms. The van der Waals surface area contributed by atoms with E-state index in [4.69, 9.17) is 23.2 Å². The van der Waals surface area contributed by atoms with Crippen molar-refractivity contribution in [3.05, 3.63) is 106 Å². The Kier molecular flexibility index (Phi) is 5.40. The standard InChI is InChI=1S/C23H14Cl2N2O3/c24-17-10-6-14(7-11-17)19-20(15-8-12-18(25)13-9-15)23(30)27(22(19)29)26-21(28)16-4-2-1-3-5-16/h1-13H,(H,26,28). The van der Waals surface area contributed by atoms with Crippen molar-refractivity contribution in [3.63, 3.8) is 0 Å². The first kappa shape index (κ1) is 19.9. The number of nitrogens with one attached hydrogen (secondary N) is 1. The lowest BCUT2D eigenvalue weighted by Crippen LogP contribution is -2.46. The van der Waals surface area contributed by atoms with E-state index in [1.165, 1.54) is 0 Å². The highest BCUT2D eigenvalue weighted by Crippen LogP contribution is 2.35. The monoisotopic (exact) mass is 436 g/mol. The highest BCUT2D eigenvalue weighted by molar-refractivity contribution is 6.49. The van der Waals surface area contributed by atoms with Gasteiger partial charge in [0.2, 0.25) is 0 Å². The van der Waals surface area contributed by atoms with Gasteiger partial charge in [-0.25, -0.2) is 0 Å². The lowest BCUT2D eigenvalue weighted by Gasteiger charge is -2.16. The zero-order valence-corrected chi connectivity index (χ0v) is 16.9. The molecule has 1 aliphatic rings. The van der Waals surface area contributed by atoms with Crippen molar-refractivity contribution in [2.45, 2.75) is 0 Å². The van der Waals surface area contributed by atoms with Gasteiger partial charge >= 0.3 is 0 Å². The molecular formula is C23H14Cl2N2O3. The quantitative estimate of drug-likeness (QED) is 0.606. The minimum Gasteiger partial charge on any atom is -0.267 e. The van der Waals surface area contributed by atoms with E-state index in [2.05, 4.69) is 5.43 Å². The summed E-state index contributed by atoms with van der Waals surface area (Å²) in [6.07, 6.45) is 0. The molecule has 30 heavy (non-hydrogen) atoms. The number of nitrogens with zero attached hydrogens (tertiary/aromatic N) is 1. The maximum Gasteiger partial charge on any atom is 0.281 e. The van der Waals surface area contributed by atoms with Crippen LogP contribution in [0.4, 0.5) is 0 Å². The molecule has 3 aromatic rings. The Hall–Kier alpha value is -3.41. The van der Waals surface area contributed by atoms with Crippen LogP contribution in [0.1, 0.15) is 21.5 Å². The molecule has 3 amide bonds. The number of carbonyl (C=O) groups is 3. The molecule has 1 aliphatic heterocycles. The molecule has 0 aromatic heterocycles. The number of rotatable bonds is 4. The summed E-state index contributed by atoms with van der Waals surface area (Å²) in [5, 5.41) is 1.74. The highest BCUT2D eigenvalue weighted by atomic mass is 35.5. The van der Waals surface area contributed by atoms with Gasteiger partial charge in [-0.05, 0) is 47.5 Å². The second-order valence-corrected chi connectivity index (χ2v) is 7.39. The molecule has 0 unspecified atom stereocenters. The summed E-state index contributed by atoms with van der Waals surface area (Å²) < 4.78 is 0. The third kappa shape index (κ3) is 3.73. The maximum absolute atomic E-state index is 13.2. The third-order valence-corrected chi connectivity index (χ3v) is 5.10. The van der Waals surface area contributed by atoms with E-state index in [-0.39, 0.29) is 11.1 Å². The van der Waals surface area contributed by atoms with E-state index in [0.717, 1.165) is 5.01 Å². The molecule has 0 aliphatic carbocycles. The van der Waals surface area contributed by atoms with Gasteiger partial charge in [-0.3, -0.25) is 19.8 Å². The Labute approximate surface area is 182 Å². The van der Waals surface area contributed by atoms with Crippen LogP contribution in [-0.2, 0) is 9.59 Å². The van der Waals surface area contributed by atoms with Gasteiger partial charge in [0.15, 0.2) is 0 Å². The summed E-state index contributed by atoms with van der Waals surface area (Å²) in [7, 11) is 0. The lowest BCUT2D eigenvalue weighted by molar-refractivity contribution is -0.138. The minimum atomic E-state index is -0.628. The third-order valence-electron chi connectivity index (χ3n) is 4.60. The van der Waals surface area contributed by atoms with Crippen molar-refractivity contribution >= 4 is 52.1 Å². The summed E-state index contributed by atoms with van der Waals surface area (Å²) in [5.74, 6) is -1.82. The molecule has 5 nitrogen and oxygen atoms in total. The predicted molar refractivity (Wildman–Crippen MR) is 115 cm³/mol. The number of hydrogen-bond acceptors (Lipinski definition) is 3. The normalized spacial score (nSPS) is 13.7. The number of imide groups is 1. The Morgan fingerprint density at radius 1 is 0.667 bits per heavy atom. The summed E-state index contributed by atoms with van der Waals surface area (Å²) in [6.45, 7) is 0. The molecule has 1 heterocycles. The van der Waals surface area contributed by atoms with Gasteiger partial charge < -0.3 is 0 Å². The van der Waals surface area contributed by atoms with Gasteiger partial charge in [-0.1, -0.05) is 65.7 Å². The maximum atomic E-state index is 13.2. The smallest absolute Gasteiger partial charge is 0.267 e. The summed E-state index contributed by atoms with van der Waals surface area (Å²) in [6, 6.07) is 21.5. The molecule has 0 saturated heterocycles. The molecule has 0 radical (unpaired) electrons. The van der Waals surface area contributed by atoms with Crippen LogP contribution in [0.25, 0.3) is 11.1 Å². The van der Waals surface area contributed by atoms with Crippen LogP contribution in [0.5, 0.6) is 0 Å². The number of hydrogen-bond donors (Lipinski definition) is 1. The van der Waals surface area contributed by atoms with Crippen LogP contribution in [0.3, 0.4) is 0 Å². The van der Waals surface area contributed by atoms with Crippen LogP contribution < -0.4 is 5.43 Å². The van der Waals surface area contributed by atoms with Gasteiger partial charge in [-0.15, -0.1) is 0 Å². The van der Waals surface area contributed by atoms with E-state index >= 15 is 0 Å². The van der Waals surface area contributed by atoms with Gasteiger partial charge in [0.1, 0.15) is 0 Å². The lowest BCUT2D eigenvalue weighted by atomic mass is 9.96. The van der Waals surface area contributed by atoms with Crippen LogP contribution in [0.2, 0.25) is 10.0 Å². The van der Waals surface area contributed by atoms with E-state index in [1.807, 2.05) is 0 Å². The van der Waals surface area contributed by atoms with Crippen LogP contribution in [0.15, 0.2) is 78.9 Å². The largest absolute Gasteiger partial charge is 0.281 e. The van der Waals surface area contributed by atoms with Crippen LogP contribution in [-0.4, -0.2) is 22.7 Å². The Morgan fingerprint density at radius 3 is 1.53 bits per heavy atom. The SMILES string of the molecule is O=C(NN1C(=O)C(c2ccc(Cl)cc2)=C(c2ccc(Cl)cc2)C1=O)c1ccccc1. The Bertz CT molecular complexity index is 1100. The van der Waals surface area contributed by atoms with Gasteiger partial charge in [0, 0.05) is 15.6 Å². The summed E-state index contributed by atoms with van der Waals surface area (Å²) in [5.41, 5.74) is 4.12. The van der Waals surface area contributed by atoms with E-state index in [1.54, 1.807) is 78.9 Å². The fourth-order valence-corrected chi connectivity index (χ4v) is 3.41. The highest BCUT2D eigenvalue weighted by Gasteiger charge is 2.40. The number of carbonyl (C=O) groups excluding carboxylic acids is 3. The zero-order chi connectivity index (χ0) is 21.3. The van der Waals surface area contributed by atoms with Crippen molar-refractivity contribution in [2.24, 2.45) is 0 Å². The van der Waals surface area contributed by atoms with Gasteiger partial charge in [0.25, 0.3) is 17.7 Å². The molecule has 1 N–H and O–H groups in total. The molecular weight excluding hydrogens is 423 g/mol. The average molecular weight is 437 g/mol. The molecule has 4 rings (SSSR count). The predicted octanol–water partition coefficient (Wildman–Crippen LogP) is 4.62. The first-order valence-electron chi connectivity index (χ1n) is 8.96. The van der Waals surface area contributed by atoms with Crippen molar-refractivity contribution in [2.75, 3.05) is 0 Å². The Balaban J connectivity index is 1.77. The minimum absolute atomic E-state index is 0.173. The summed E-state index contributed by atoms with van der Waals surface area (Å²) in [4.78, 5) is 38.9. The number of halogens is 2. The van der Waals surface area contributed by atoms with Crippen LogP contribution >= 0.6 is 23.2 Å². The average Bonchev–Trinajstić information content (AvgIpc) is 3.00. The van der Waals surface area contributed by atoms with Gasteiger partial charge in [0.05, 0.1) is 11.1 Å². The first-order chi connectivity index (χ1) is 14.5. The van der Waals surface area contributed by atoms with Crippen molar-refractivity contribution < 1.29 is 14.4 Å². The number of amides is 3. The fourth-order valence-electron chi connectivity index (χ4n) is 3.16. The molecule has 0 spiro atoms. The second kappa shape index (κ2) is 8.14. The number of benzene rings is 3. The van der Waals surface area contributed by atoms with Crippen molar-refractivity contribution in [1.29, 1.82) is 0 Å². The van der Waals surface area contributed by atoms with Crippen LogP contribution in [0, 0.1) is 0 Å². The van der Waals surface area contributed by atoms with Gasteiger partial charge in [-0.2, -0.15) is 5.01 Å². The van der Waals surface area contributed by atoms with Crippen molar-refractivity contribution in [3.8, 4) is 0 Å². The first-order valence-corrected chi connectivity index (χ1v) is 9.72. The molecule has 7 heteroatoms. The molecule has 0 saturated carbocycles. The molecule has 0 fully saturated rings. The molecule has 3 aromatic carbocycles. The van der Waals surface area contributed by atoms with E-state index in [9.17, 15) is 14.4 Å². The second-order valence-electron chi connectivity index (χ2n) is 6.52. The number of hydrazine groups is 1. The topological polar surface area (TPSA) is 66.5 Å². The zero-order valence-electron chi connectivity index (χ0n) is 15.4. The summed E-state index contributed by atoms with van der Waals surface area (Å²) >= 11 is 11.9. The Morgan fingerprint density at radius 2 is 1.10 bits per heavy atom. The molecule has 0 atom stereocenters.